The smallest absolute Gasteiger partial charge is 0.238 e. The first-order valence-corrected chi connectivity index (χ1v) is 10.2. The summed E-state index contributed by atoms with van der Waals surface area (Å²) in [5.41, 5.74) is 2.71. The highest BCUT2D eigenvalue weighted by Crippen LogP contribution is 2.42. The van der Waals surface area contributed by atoms with Crippen LogP contribution in [0.3, 0.4) is 0 Å². The molecule has 0 unspecified atom stereocenters. The van der Waals surface area contributed by atoms with Gasteiger partial charge in [-0.3, -0.25) is 14.5 Å². The van der Waals surface area contributed by atoms with Crippen molar-refractivity contribution in [1.29, 1.82) is 0 Å². The van der Waals surface area contributed by atoms with Gasteiger partial charge in [-0.15, -0.1) is 11.8 Å². The third-order valence-electron chi connectivity index (χ3n) is 5.16. The average molecular weight is 382 g/mol. The summed E-state index contributed by atoms with van der Waals surface area (Å²) >= 11 is 1.61. The quantitative estimate of drug-likeness (QED) is 0.841. The van der Waals surface area contributed by atoms with Gasteiger partial charge in [0.15, 0.2) is 0 Å². The first kappa shape index (κ1) is 17.9. The number of hydrogen-bond acceptors (Lipinski definition) is 4. The molecule has 4 rings (SSSR count). The predicted octanol–water partition coefficient (Wildman–Crippen LogP) is 4.21. The normalized spacial score (nSPS) is 19.7. The zero-order valence-electron chi connectivity index (χ0n) is 15.2. The number of carbonyl (C=O) groups excluding carboxylic acids is 2. The van der Waals surface area contributed by atoms with Crippen LogP contribution in [0.4, 0.5) is 11.4 Å². The van der Waals surface area contributed by atoms with Crippen LogP contribution < -0.4 is 15.0 Å². The van der Waals surface area contributed by atoms with E-state index in [4.69, 9.17) is 4.74 Å². The van der Waals surface area contributed by atoms with Crippen LogP contribution in [-0.2, 0) is 9.59 Å². The summed E-state index contributed by atoms with van der Waals surface area (Å²) in [6.07, 6.45) is 3.12. The maximum absolute atomic E-state index is 12.5. The van der Waals surface area contributed by atoms with Crippen molar-refractivity contribution in [2.75, 3.05) is 23.1 Å². The number of methoxy groups -OCH3 is 1. The predicted molar refractivity (Wildman–Crippen MR) is 108 cm³/mol. The van der Waals surface area contributed by atoms with E-state index in [1.807, 2.05) is 53.4 Å². The molecule has 1 N–H and O–H groups in total. The number of amides is 2. The molecule has 2 aromatic rings. The van der Waals surface area contributed by atoms with Gasteiger partial charge in [0.25, 0.3) is 0 Å². The van der Waals surface area contributed by atoms with Crippen LogP contribution in [0.1, 0.15) is 30.2 Å². The number of carbonyl (C=O) groups is 2. The molecule has 2 fully saturated rings. The number of benzene rings is 2. The lowest BCUT2D eigenvalue weighted by atomic mass is 9.85. The van der Waals surface area contributed by atoms with Gasteiger partial charge in [0.1, 0.15) is 11.1 Å². The van der Waals surface area contributed by atoms with Crippen molar-refractivity contribution in [3.8, 4) is 5.75 Å². The minimum atomic E-state index is -0.0673. The van der Waals surface area contributed by atoms with Crippen molar-refractivity contribution in [2.45, 2.75) is 24.6 Å². The summed E-state index contributed by atoms with van der Waals surface area (Å²) < 4.78 is 5.20. The number of rotatable bonds is 5. The van der Waals surface area contributed by atoms with Crippen molar-refractivity contribution in [3.63, 3.8) is 0 Å². The number of thioether (sulfide) groups is 1. The molecule has 2 aromatic carbocycles. The van der Waals surface area contributed by atoms with Gasteiger partial charge in [-0.05, 0) is 54.8 Å². The van der Waals surface area contributed by atoms with Gasteiger partial charge in [0.05, 0.1) is 12.9 Å². The van der Waals surface area contributed by atoms with Gasteiger partial charge >= 0.3 is 0 Å². The van der Waals surface area contributed by atoms with Crippen LogP contribution in [0.15, 0.2) is 48.5 Å². The minimum absolute atomic E-state index is 0.0673. The molecule has 6 heteroatoms. The molecule has 0 aromatic heterocycles. The maximum atomic E-state index is 12.5. The van der Waals surface area contributed by atoms with Crippen molar-refractivity contribution < 1.29 is 14.3 Å². The molecular weight excluding hydrogens is 360 g/mol. The van der Waals surface area contributed by atoms with E-state index < -0.39 is 0 Å². The van der Waals surface area contributed by atoms with Gasteiger partial charge < -0.3 is 10.1 Å². The molecule has 2 amide bonds. The topological polar surface area (TPSA) is 58.6 Å². The van der Waals surface area contributed by atoms with Crippen LogP contribution >= 0.6 is 11.8 Å². The molecule has 27 heavy (non-hydrogen) atoms. The number of nitrogens with zero attached hydrogens (tertiary/aromatic N) is 1. The van der Waals surface area contributed by atoms with E-state index in [1.54, 1.807) is 18.9 Å². The van der Waals surface area contributed by atoms with Gasteiger partial charge in [-0.2, -0.15) is 0 Å². The SMILES string of the molecule is COc1ccc(N2C(=O)CS[C@H]2c2ccc(NC(=O)C3CCC3)cc2)cc1. The van der Waals surface area contributed by atoms with Gasteiger partial charge in [-0.25, -0.2) is 0 Å². The number of ether oxygens (including phenoxy) is 1. The molecule has 1 atom stereocenters. The van der Waals surface area contributed by atoms with E-state index in [9.17, 15) is 9.59 Å². The molecule has 140 valence electrons. The van der Waals surface area contributed by atoms with Gasteiger partial charge in [0.2, 0.25) is 11.8 Å². The molecule has 1 saturated carbocycles. The zero-order chi connectivity index (χ0) is 18.8. The minimum Gasteiger partial charge on any atom is -0.497 e. The van der Waals surface area contributed by atoms with E-state index in [0.717, 1.165) is 42.0 Å². The lowest BCUT2D eigenvalue weighted by molar-refractivity contribution is -0.122. The number of hydrogen-bond donors (Lipinski definition) is 1. The second-order valence-corrected chi connectivity index (χ2v) is 7.93. The summed E-state index contributed by atoms with van der Waals surface area (Å²) in [5, 5.41) is 2.92. The fourth-order valence-corrected chi connectivity index (χ4v) is 4.52. The Hall–Kier alpha value is -2.47. The molecule has 1 aliphatic carbocycles. The second kappa shape index (κ2) is 7.64. The molecule has 0 radical (unpaired) electrons. The largest absolute Gasteiger partial charge is 0.497 e. The number of nitrogens with one attached hydrogen (secondary N) is 1. The standard InChI is InChI=1S/C21H22N2O3S/c1-26-18-11-9-17(10-12-18)23-19(24)13-27-21(23)15-5-7-16(8-6-15)22-20(25)14-3-2-4-14/h5-12,14,21H,2-4,13H2,1H3,(H,22,25)/t21-/m0/s1. The van der Waals surface area contributed by atoms with Crippen LogP contribution in [0.25, 0.3) is 0 Å². The maximum Gasteiger partial charge on any atom is 0.238 e. The summed E-state index contributed by atoms with van der Waals surface area (Å²) in [7, 11) is 1.62. The monoisotopic (exact) mass is 382 g/mol. The van der Waals surface area contributed by atoms with Crippen molar-refractivity contribution in [3.05, 3.63) is 54.1 Å². The van der Waals surface area contributed by atoms with E-state index in [1.165, 1.54) is 0 Å². The first-order chi connectivity index (χ1) is 13.2. The average Bonchev–Trinajstić information content (AvgIpc) is 3.02. The molecule has 0 bridgehead atoms. The summed E-state index contributed by atoms with van der Waals surface area (Å²) in [6.45, 7) is 0. The fourth-order valence-electron chi connectivity index (χ4n) is 3.34. The fraction of sp³-hybridized carbons (Fsp3) is 0.333. The lowest BCUT2D eigenvalue weighted by Gasteiger charge is -2.25. The van der Waals surface area contributed by atoms with Gasteiger partial charge in [-0.1, -0.05) is 18.6 Å². The highest BCUT2D eigenvalue weighted by atomic mass is 32.2. The van der Waals surface area contributed by atoms with Crippen molar-refractivity contribution >= 4 is 35.0 Å². The summed E-state index contributed by atoms with van der Waals surface area (Å²) in [5.74, 6) is 1.59. The third kappa shape index (κ3) is 3.67. The van der Waals surface area contributed by atoms with Crippen molar-refractivity contribution in [1.82, 2.24) is 0 Å². The van der Waals surface area contributed by atoms with E-state index in [2.05, 4.69) is 5.32 Å². The third-order valence-corrected chi connectivity index (χ3v) is 6.37. The highest BCUT2D eigenvalue weighted by molar-refractivity contribution is 8.00. The number of anilines is 2. The van der Waals surface area contributed by atoms with E-state index >= 15 is 0 Å². The van der Waals surface area contributed by atoms with Gasteiger partial charge in [0, 0.05) is 17.3 Å². The summed E-state index contributed by atoms with van der Waals surface area (Å²) in [6, 6.07) is 15.4. The lowest BCUT2D eigenvalue weighted by Crippen LogP contribution is -2.28. The Morgan fingerprint density at radius 1 is 1.11 bits per heavy atom. The van der Waals surface area contributed by atoms with E-state index in [-0.39, 0.29) is 23.1 Å². The highest BCUT2D eigenvalue weighted by Gasteiger charge is 2.34. The van der Waals surface area contributed by atoms with Crippen LogP contribution in [0.5, 0.6) is 5.75 Å². The Morgan fingerprint density at radius 3 is 2.41 bits per heavy atom. The van der Waals surface area contributed by atoms with E-state index in [0.29, 0.717) is 5.75 Å². The van der Waals surface area contributed by atoms with Crippen LogP contribution in [0.2, 0.25) is 0 Å². The molecule has 1 saturated heterocycles. The Morgan fingerprint density at radius 2 is 1.81 bits per heavy atom. The molecular formula is C21H22N2O3S. The summed E-state index contributed by atoms with van der Waals surface area (Å²) in [4.78, 5) is 26.4. The Labute approximate surface area is 163 Å². The Balaban J connectivity index is 1.50. The molecule has 5 nitrogen and oxygen atoms in total. The second-order valence-electron chi connectivity index (χ2n) is 6.86. The zero-order valence-corrected chi connectivity index (χ0v) is 16.0. The first-order valence-electron chi connectivity index (χ1n) is 9.14. The molecule has 2 aliphatic rings. The van der Waals surface area contributed by atoms with Crippen LogP contribution in [0, 0.1) is 5.92 Å². The Kier molecular flexibility index (Phi) is 5.07. The Bertz CT molecular complexity index is 832. The molecule has 1 aliphatic heterocycles. The van der Waals surface area contributed by atoms with Crippen molar-refractivity contribution in [2.24, 2.45) is 5.92 Å². The molecule has 0 spiro atoms. The molecule has 1 heterocycles. The van der Waals surface area contributed by atoms with Crippen LogP contribution in [-0.4, -0.2) is 24.7 Å².